The summed E-state index contributed by atoms with van der Waals surface area (Å²) >= 11 is 0. The smallest absolute Gasteiger partial charge is 0.338 e. The highest BCUT2D eigenvalue weighted by atomic mass is 16.7. The number of hydrogen-bond acceptors (Lipinski definition) is 5. The molecule has 2 aliphatic carbocycles. The number of ether oxygens (including phenoxy) is 3. The first-order valence-corrected chi connectivity index (χ1v) is 7.46. The predicted octanol–water partition coefficient (Wildman–Crippen LogP) is 2.16. The van der Waals surface area contributed by atoms with Crippen LogP contribution >= 0.6 is 0 Å². The van der Waals surface area contributed by atoms with E-state index in [0.717, 1.165) is 12.8 Å². The van der Waals surface area contributed by atoms with Crippen molar-refractivity contribution in [1.82, 2.24) is 0 Å². The van der Waals surface area contributed by atoms with Crippen LogP contribution in [0.2, 0.25) is 0 Å². The van der Waals surface area contributed by atoms with Gasteiger partial charge in [0.2, 0.25) is 0 Å². The van der Waals surface area contributed by atoms with Gasteiger partial charge in [0.1, 0.15) is 6.10 Å². The molecule has 0 radical (unpaired) electrons. The number of carbonyl (C=O) groups is 2. The third-order valence-corrected chi connectivity index (χ3v) is 4.68. The fourth-order valence-electron chi connectivity index (χ4n) is 3.54. The van der Waals surface area contributed by atoms with Crippen molar-refractivity contribution < 1.29 is 23.8 Å². The van der Waals surface area contributed by atoms with Gasteiger partial charge in [-0.25, -0.2) is 9.59 Å². The van der Waals surface area contributed by atoms with Gasteiger partial charge in [0.05, 0.1) is 11.8 Å². The molecular weight excluding hydrogens is 284 g/mol. The number of carbonyl (C=O) groups excluding carboxylic acids is 2. The number of rotatable bonds is 2. The molecule has 4 rings (SSSR count). The molecule has 0 N–H and O–H groups in total. The summed E-state index contributed by atoms with van der Waals surface area (Å²) in [4.78, 5) is 23.4. The van der Waals surface area contributed by atoms with Crippen molar-refractivity contribution >= 4 is 11.9 Å². The lowest BCUT2D eigenvalue weighted by Gasteiger charge is -2.15. The molecule has 0 spiro atoms. The molecule has 0 aromatic carbocycles. The fourth-order valence-corrected chi connectivity index (χ4v) is 3.54. The number of allylic oxidation sites excluding steroid dienone is 3. The molecular formula is C17H16O5. The average molecular weight is 300 g/mol. The van der Waals surface area contributed by atoms with Crippen LogP contribution < -0.4 is 0 Å². The van der Waals surface area contributed by atoms with E-state index in [1.165, 1.54) is 11.8 Å². The monoisotopic (exact) mass is 300 g/mol. The first-order valence-electron chi connectivity index (χ1n) is 7.46. The van der Waals surface area contributed by atoms with Crippen LogP contribution in [-0.4, -0.2) is 24.3 Å². The lowest BCUT2D eigenvalue weighted by Crippen LogP contribution is -2.13. The summed E-state index contributed by atoms with van der Waals surface area (Å²) in [7, 11) is 0. The lowest BCUT2D eigenvalue weighted by atomic mass is 9.93. The van der Waals surface area contributed by atoms with Crippen molar-refractivity contribution in [1.29, 1.82) is 0 Å². The molecule has 0 bridgehead atoms. The van der Waals surface area contributed by atoms with Crippen LogP contribution in [0.3, 0.4) is 0 Å². The fraction of sp³-hybridized carbons (Fsp3) is 0.412. The largest absolute Gasteiger partial charge is 0.458 e. The summed E-state index contributed by atoms with van der Waals surface area (Å²) in [6.45, 7) is 1.67. The maximum atomic E-state index is 12.1. The quantitative estimate of drug-likeness (QED) is 0.444. The lowest BCUT2D eigenvalue weighted by molar-refractivity contribution is -0.152. The normalized spacial score (nSPS) is 37.4. The van der Waals surface area contributed by atoms with Crippen LogP contribution in [0.25, 0.3) is 0 Å². The van der Waals surface area contributed by atoms with Gasteiger partial charge < -0.3 is 14.2 Å². The summed E-state index contributed by atoms with van der Waals surface area (Å²) in [5, 5.41) is 0. The van der Waals surface area contributed by atoms with Crippen molar-refractivity contribution in [3.05, 3.63) is 47.3 Å². The maximum Gasteiger partial charge on any atom is 0.338 e. The number of hydrogen-bond donors (Lipinski definition) is 0. The van der Waals surface area contributed by atoms with Gasteiger partial charge in [0, 0.05) is 17.6 Å². The van der Waals surface area contributed by atoms with E-state index in [2.05, 4.69) is 12.2 Å². The van der Waals surface area contributed by atoms with Crippen molar-refractivity contribution in [3.8, 4) is 0 Å². The second-order valence-corrected chi connectivity index (χ2v) is 6.03. The standard InChI is InChI=1S/C17H16O5/c1-9-6-14(21-16(9)18)20-8-13-12-7-10-4-2-3-5-11(10)15(12)22-17(13)19/h2-3,5-6,8,10,12,14-15H,4,7H2,1H3. The van der Waals surface area contributed by atoms with E-state index in [0.29, 0.717) is 17.1 Å². The second kappa shape index (κ2) is 4.87. The molecule has 4 atom stereocenters. The van der Waals surface area contributed by atoms with Crippen LogP contribution in [0.4, 0.5) is 0 Å². The van der Waals surface area contributed by atoms with Crippen LogP contribution in [0.1, 0.15) is 19.8 Å². The highest BCUT2D eigenvalue weighted by Gasteiger charge is 2.50. The van der Waals surface area contributed by atoms with Gasteiger partial charge in [-0.1, -0.05) is 18.2 Å². The Hall–Kier alpha value is -2.30. The summed E-state index contributed by atoms with van der Waals surface area (Å²) in [6.07, 6.45) is 10.2. The van der Waals surface area contributed by atoms with Gasteiger partial charge in [0.25, 0.3) is 6.29 Å². The van der Waals surface area contributed by atoms with E-state index in [1.807, 2.05) is 6.08 Å². The minimum absolute atomic E-state index is 0.0332. The minimum atomic E-state index is -0.753. The third kappa shape index (κ3) is 2.00. The molecule has 0 aromatic rings. The SMILES string of the molecule is CC1=CC(OC=C2C(=O)OC3C4=CC=CCC4CC23)OC1=O. The summed E-state index contributed by atoms with van der Waals surface area (Å²) < 4.78 is 16.0. The Labute approximate surface area is 127 Å². The molecule has 114 valence electrons. The van der Waals surface area contributed by atoms with Crippen LogP contribution in [0.5, 0.6) is 0 Å². The van der Waals surface area contributed by atoms with Gasteiger partial charge >= 0.3 is 11.9 Å². The van der Waals surface area contributed by atoms with Gasteiger partial charge in [-0.15, -0.1) is 0 Å². The number of fused-ring (bicyclic) bond motifs is 3. The zero-order valence-corrected chi connectivity index (χ0v) is 12.2. The molecule has 5 heteroatoms. The highest BCUT2D eigenvalue weighted by Crippen LogP contribution is 2.48. The van der Waals surface area contributed by atoms with Crippen LogP contribution in [0, 0.1) is 11.8 Å². The molecule has 2 fully saturated rings. The summed E-state index contributed by atoms with van der Waals surface area (Å²) in [6, 6.07) is 0. The molecule has 5 nitrogen and oxygen atoms in total. The third-order valence-electron chi connectivity index (χ3n) is 4.68. The number of esters is 2. The Kier molecular flexibility index (Phi) is 2.96. The molecule has 22 heavy (non-hydrogen) atoms. The molecule has 4 unspecified atom stereocenters. The Balaban J connectivity index is 1.52. The molecule has 0 aromatic heterocycles. The van der Waals surface area contributed by atoms with Crippen LogP contribution in [0.15, 0.2) is 47.3 Å². The Morgan fingerprint density at radius 2 is 2.14 bits per heavy atom. The Bertz CT molecular complexity index is 667. The van der Waals surface area contributed by atoms with Crippen LogP contribution in [-0.2, 0) is 23.8 Å². The van der Waals surface area contributed by atoms with Gasteiger partial charge in [-0.05, 0) is 31.3 Å². The summed E-state index contributed by atoms with van der Waals surface area (Å²) in [5.74, 6) is -0.249. The van der Waals surface area contributed by atoms with Crippen molar-refractivity contribution in [3.63, 3.8) is 0 Å². The van der Waals surface area contributed by atoms with E-state index < -0.39 is 12.3 Å². The summed E-state index contributed by atoms with van der Waals surface area (Å²) in [5.41, 5.74) is 2.25. The van der Waals surface area contributed by atoms with Crippen molar-refractivity contribution in [2.24, 2.45) is 11.8 Å². The maximum absolute atomic E-state index is 12.1. The van der Waals surface area contributed by atoms with E-state index in [9.17, 15) is 9.59 Å². The van der Waals surface area contributed by atoms with Gasteiger partial charge in [-0.2, -0.15) is 0 Å². The van der Waals surface area contributed by atoms with Crippen molar-refractivity contribution in [2.45, 2.75) is 32.2 Å². The zero-order chi connectivity index (χ0) is 15.3. The molecule has 4 aliphatic rings. The van der Waals surface area contributed by atoms with E-state index in [1.54, 1.807) is 13.0 Å². The van der Waals surface area contributed by atoms with Crippen molar-refractivity contribution in [2.75, 3.05) is 0 Å². The van der Waals surface area contributed by atoms with E-state index in [4.69, 9.17) is 14.2 Å². The molecule has 1 saturated heterocycles. The molecule has 2 heterocycles. The predicted molar refractivity (Wildman–Crippen MR) is 76.1 cm³/mol. The van der Waals surface area contributed by atoms with E-state index in [-0.39, 0.29) is 18.0 Å². The Morgan fingerprint density at radius 1 is 1.27 bits per heavy atom. The minimum Gasteiger partial charge on any atom is -0.458 e. The first-order chi connectivity index (χ1) is 10.6. The zero-order valence-electron chi connectivity index (χ0n) is 12.2. The highest BCUT2D eigenvalue weighted by molar-refractivity contribution is 5.92. The van der Waals surface area contributed by atoms with Gasteiger partial charge in [-0.3, -0.25) is 0 Å². The second-order valence-electron chi connectivity index (χ2n) is 6.03. The molecule has 2 aliphatic heterocycles. The van der Waals surface area contributed by atoms with Gasteiger partial charge in [0.15, 0.2) is 0 Å². The molecule has 1 saturated carbocycles. The molecule has 0 amide bonds. The average Bonchev–Trinajstić information content (AvgIpc) is 3.10. The van der Waals surface area contributed by atoms with E-state index >= 15 is 0 Å². The topological polar surface area (TPSA) is 61.8 Å². The Morgan fingerprint density at radius 3 is 2.91 bits per heavy atom. The first kappa shape index (κ1) is 13.4. The number of cyclic esters (lactones) is 1.